The van der Waals surface area contributed by atoms with Crippen LogP contribution in [-0.2, 0) is 6.54 Å². The second-order valence-electron chi connectivity index (χ2n) is 3.96. The molecule has 5 nitrogen and oxygen atoms in total. The first-order chi connectivity index (χ1) is 9.42. The number of hydrogen-bond donors (Lipinski definition) is 2. The molecule has 2 rings (SSSR count). The van der Waals surface area contributed by atoms with E-state index in [0.717, 1.165) is 6.20 Å². The minimum absolute atomic E-state index is 0.0441. The average molecular weight is 284 g/mol. The van der Waals surface area contributed by atoms with E-state index in [-0.39, 0.29) is 5.82 Å². The lowest BCUT2D eigenvalue weighted by Gasteiger charge is -2.06. The normalized spacial score (nSPS) is 11.2. The van der Waals surface area contributed by atoms with Crippen LogP contribution in [0.3, 0.4) is 0 Å². The minimum Gasteiger partial charge on any atom is -0.308 e. The Bertz CT molecular complexity index is 580. The molecule has 0 aliphatic heterocycles. The molecule has 2 aromatic rings. The lowest BCUT2D eigenvalue weighted by atomic mass is 10.3. The molecule has 0 radical (unpaired) electrons. The fourth-order valence-corrected chi connectivity index (χ4v) is 1.50. The Kier molecular flexibility index (Phi) is 3.92. The number of amides is 2. The van der Waals surface area contributed by atoms with Crippen LogP contribution in [0.15, 0.2) is 42.6 Å². The highest BCUT2D eigenvalue weighted by Gasteiger charge is 2.28. The van der Waals surface area contributed by atoms with Gasteiger partial charge >= 0.3 is 12.2 Å². The Hall–Kier alpha value is -2.51. The summed E-state index contributed by atoms with van der Waals surface area (Å²) in [6, 6.07) is 9.36. The van der Waals surface area contributed by atoms with E-state index in [2.05, 4.69) is 15.7 Å². The molecule has 0 aliphatic rings. The van der Waals surface area contributed by atoms with Crippen molar-refractivity contribution in [1.29, 1.82) is 0 Å². The number of rotatable bonds is 3. The molecular formula is C12H11F3N4O. The molecule has 20 heavy (non-hydrogen) atoms. The summed E-state index contributed by atoms with van der Waals surface area (Å²) in [5.41, 5.74) is 0.569. The highest BCUT2D eigenvalue weighted by atomic mass is 19.4. The van der Waals surface area contributed by atoms with Crippen LogP contribution in [0, 0.1) is 0 Å². The molecule has 0 saturated heterocycles. The average Bonchev–Trinajstić information content (AvgIpc) is 2.75. The van der Waals surface area contributed by atoms with Crippen molar-refractivity contribution < 1.29 is 18.0 Å². The second-order valence-corrected chi connectivity index (χ2v) is 3.96. The third kappa shape index (κ3) is 4.30. The predicted molar refractivity (Wildman–Crippen MR) is 67.4 cm³/mol. The largest absolute Gasteiger partial charge is 0.408 e. The Morgan fingerprint density at radius 3 is 2.50 bits per heavy atom. The number of nitrogens with zero attached hydrogens (tertiary/aromatic N) is 2. The summed E-state index contributed by atoms with van der Waals surface area (Å²) < 4.78 is 37.1. The zero-order valence-corrected chi connectivity index (χ0v) is 10.2. The van der Waals surface area contributed by atoms with Gasteiger partial charge in [0.05, 0.1) is 0 Å². The minimum atomic E-state index is -4.35. The maximum atomic E-state index is 12.1. The first-order valence-corrected chi connectivity index (χ1v) is 5.66. The van der Waals surface area contributed by atoms with Crippen LogP contribution in [0.5, 0.6) is 0 Å². The molecule has 0 bridgehead atoms. The van der Waals surface area contributed by atoms with Crippen LogP contribution in [0.2, 0.25) is 0 Å². The van der Waals surface area contributed by atoms with Gasteiger partial charge in [-0.25, -0.2) is 4.79 Å². The molecule has 1 aromatic heterocycles. The van der Waals surface area contributed by atoms with E-state index in [9.17, 15) is 18.0 Å². The molecular weight excluding hydrogens is 273 g/mol. The SMILES string of the molecule is O=C(Nc1ccccc1)Nc1ccn(CC(F)(F)F)n1. The first-order valence-electron chi connectivity index (χ1n) is 5.66. The summed E-state index contributed by atoms with van der Waals surface area (Å²) >= 11 is 0. The Labute approximate surface area is 112 Å². The van der Waals surface area contributed by atoms with Crippen molar-refractivity contribution in [1.82, 2.24) is 9.78 Å². The maximum absolute atomic E-state index is 12.1. The molecule has 1 heterocycles. The number of benzene rings is 1. The molecule has 106 valence electrons. The molecule has 0 saturated carbocycles. The van der Waals surface area contributed by atoms with Crippen molar-refractivity contribution >= 4 is 17.5 Å². The monoisotopic (exact) mass is 284 g/mol. The summed E-state index contributed by atoms with van der Waals surface area (Å²) in [5, 5.41) is 8.48. The Balaban J connectivity index is 1.92. The molecule has 8 heteroatoms. The van der Waals surface area contributed by atoms with E-state index in [1.54, 1.807) is 30.3 Å². The summed E-state index contributed by atoms with van der Waals surface area (Å²) in [6.45, 7) is -1.20. The van der Waals surface area contributed by atoms with Gasteiger partial charge in [0.15, 0.2) is 5.82 Å². The zero-order chi connectivity index (χ0) is 14.6. The van der Waals surface area contributed by atoms with Gasteiger partial charge in [-0.2, -0.15) is 18.3 Å². The van der Waals surface area contributed by atoms with Gasteiger partial charge in [0, 0.05) is 18.0 Å². The van der Waals surface area contributed by atoms with E-state index < -0.39 is 18.8 Å². The van der Waals surface area contributed by atoms with E-state index in [4.69, 9.17) is 0 Å². The van der Waals surface area contributed by atoms with Crippen molar-refractivity contribution in [3.8, 4) is 0 Å². The van der Waals surface area contributed by atoms with Crippen LogP contribution >= 0.6 is 0 Å². The van der Waals surface area contributed by atoms with Crippen molar-refractivity contribution in [2.45, 2.75) is 12.7 Å². The van der Waals surface area contributed by atoms with Crippen LogP contribution in [0.1, 0.15) is 0 Å². The third-order valence-corrected chi connectivity index (χ3v) is 2.26. The Morgan fingerprint density at radius 1 is 1.15 bits per heavy atom. The van der Waals surface area contributed by atoms with Gasteiger partial charge in [-0.3, -0.25) is 10.00 Å². The second kappa shape index (κ2) is 5.64. The molecule has 2 amide bonds. The van der Waals surface area contributed by atoms with Crippen molar-refractivity contribution in [2.75, 3.05) is 10.6 Å². The van der Waals surface area contributed by atoms with E-state index in [1.807, 2.05) is 0 Å². The topological polar surface area (TPSA) is 59.0 Å². The number of para-hydroxylation sites is 1. The smallest absolute Gasteiger partial charge is 0.308 e. The van der Waals surface area contributed by atoms with Gasteiger partial charge < -0.3 is 5.32 Å². The molecule has 0 atom stereocenters. The number of carbonyl (C=O) groups excluding carboxylic acids is 1. The number of nitrogens with one attached hydrogen (secondary N) is 2. The van der Waals surface area contributed by atoms with E-state index in [1.165, 1.54) is 6.07 Å². The lowest BCUT2D eigenvalue weighted by Crippen LogP contribution is -2.21. The van der Waals surface area contributed by atoms with Crippen LogP contribution in [-0.4, -0.2) is 22.0 Å². The highest BCUT2D eigenvalue weighted by Crippen LogP contribution is 2.17. The van der Waals surface area contributed by atoms with Crippen LogP contribution in [0.25, 0.3) is 0 Å². The van der Waals surface area contributed by atoms with Gasteiger partial charge in [0.25, 0.3) is 0 Å². The van der Waals surface area contributed by atoms with Gasteiger partial charge in [0.2, 0.25) is 0 Å². The van der Waals surface area contributed by atoms with Gasteiger partial charge in [-0.05, 0) is 12.1 Å². The van der Waals surface area contributed by atoms with E-state index >= 15 is 0 Å². The number of carbonyl (C=O) groups is 1. The number of urea groups is 1. The predicted octanol–water partition coefficient (Wildman–Crippen LogP) is 3.09. The molecule has 0 fully saturated rings. The number of halogens is 3. The first kappa shape index (κ1) is 13.9. The third-order valence-electron chi connectivity index (χ3n) is 2.26. The lowest BCUT2D eigenvalue weighted by molar-refractivity contribution is -0.142. The zero-order valence-electron chi connectivity index (χ0n) is 10.2. The molecule has 1 aromatic carbocycles. The van der Waals surface area contributed by atoms with Crippen LogP contribution < -0.4 is 10.6 Å². The van der Waals surface area contributed by atoms with Crippen molar-refractivity contribution in [3.05, 3.63) is 42.6 Å². The number of anilines is 2. The number of hydrogen-bond acceptors (Lipinski definition) is 2. The fraction of sp³-hybridized carbons (Fsp3) is 0.167. The van der Waals surface area contributed by atoms with E-state index in [0.29, 0.717) is 10.4 Å². The number of aromatic nitrogens is 2. The Morgan fingerprint density at radius 2 is 1.85 bits per heavy atom. The summed E-state index contributed by atoms with van der Waals surface area (Å²) in [7, 11) is 0. The summed E-state index contributed by atoms with van der Waals surface area (Å²) in [6.07, 6.45) is -3.21. The fourth-order valence-electron chi connectivity index (χ4n) is 1.50. The van der Waals surface area contributed by atoms with Gasteiger partial charge in [0.1, 0.15) is 6.54 Å². The molecule has 0 unspecified atom stereocenters. The standard InChI is InChI=1S/C12H11F3N4O/c13-12(14,15)8-19-7-6-10(18-19)17-11(20)16-9-4-2-1-3-5-9/h1-7H,8H2,(H2,16,17,18,20). The molecule has 0 aliphatic carbocycles. The summed E-state index contributed by atoms with van der Waals surface area (Å²) in [4.78, 5) is 11.6. The van der Waals surface area contributed by atoms with Crippen molar-refractivity contribution in [2.24, 2.45) is 0 Å². The van der Waals surface area contributed by atoms with Gasteiger partial charge in [-0.15, -0.1) is 0 Å². The van der Waals surface area contributed by atoms with Gasteiger partial charge in [-0.1, -0.05) is 18.2 Å². The van der Waals surface area contributed by atoms with Crippen molar-refractivity contribution in [3.63, 3.8) is 0 Å². The maximum Gasteiger partial charge on any atom is 0.408 e. The highest BCUT2D eigenvalue weighted by molar-refractivity contribution is 5.99. The number of alkyl halides is 3. The molecule has 0 spiro atoms. The molecule has 2 N–H and O–H groups in total. The summed E-state index contributed by atoms with van der Waals surface area (Å²) in [5.74, 6) is 0.0441. The van der Waals surface area contributed by atoms with Crippen LogP contribution in [0.4, 0.5) is 29.5 Å². The quantitative estimate of drug-likeness (QED) is 0.910.